The summed E-state index contributed by atoms with van der Waals surface area (Å²) in [6, 6.07) is 12.7. The molecule has 0 bridgehead atoms. The third-order valence-electron chi connectivity index (χ3n) is 5.93. The molecule has 2 heterocycles. The van der Waals surface area contributed by atoms with E-state index in [-0.39, 0.29) is 24.5 Å². The van der Waals surface area contributed by atoms with E-state index in [4.69, 9.17) is 9.47 Å². The number of rotatable bonds is 5. The average Bonchev–Trinajstić information content (AvgIpc) is 2.77. The van der Waals surface area contributed by atoms with Gasteiger partial charge in [-0.25, -0.2) is 12.7 Å². The molecule has 4 rings (SSSR count). The summed E-state index contributed by atoms with van der Waals surface area (Å²) in [4.78, 5) is 26.0. The van der Waals surface area contributed by atoms with Crippen LogP contribution in [0.15, 0.2) is 59.0 Å². The zero-order valence-electron chi connectivity index (χ0n) is 18.2. The first-order valence-corrected chi connectivity index (χ1v) is 12.0. The van der Waals surface area contributed by atoms with Crippen molar-refractivity contribution >= 4 is 27.5 Å². The van der Waals surface area contributed by atoms with Gasteiger partial charge in [0.2, 0.25) is 0 Å². The summed E-state index contributed by atoms with van der Waals surface area (Å²) in [6.45, 7) is 5.52. The van der Waals surface area contributed by atoms with E-state index in [1.54, 1.807) is 19.1 Å². The first kappa shape index (κ1) is 22.1. The van der Waals surface area contributed by atoms with Crippen LogP contribution in [0.25, 0.3) is 5.57 Å². The van der Waals surface area contributed by atoms with Gasteiger partial charge in [-0.2, -0.15) is 0 Å². The van der Waals surface area contributed by atoms with Crippen molar-refractivity contribution in [3.05, 3.63) is 65.2 Å². The van der Waals surface area contributed by atoms with E-state index < -0.39 is 33.9 Å². The Morgan fingerprint density at radius 2 is 1.84 bits per heavy atom. The van der Waals surface area contributed by atoms with Crippen LogP contribution < -0.4 is 4.74 Å². The van der Waals surface area contributed by atoms with Gasteiger partial charge in [-0.05, 0) is 37.6 Å². The SMILES string of the molecule is CCOC(=O)C[C@@H]1[C@@H](C)C2=C(COc3ccccc32)C(=O)N1S(=O)(=O)c1ccc(C)cc1. The molecule has 32 heavy (non-hydrogen) atoms. The highest BCUT2D eigenvalue weighted by molar-refractivity contribution is 7.89. The summed E-state index contributed by atoms with van der Waals surface area (Å²) >= 11 is 0. The Balaban J connectivity index is 1.86. The summed E-state index contributed by atoms with van der Waals surface area (Å²) in [6.07, 6.45) is -0.231. The predicted molar refractivity (Wildman–Crippen MR) is 118 cm³/mol. The topological polar surface area (TPSA) is 90.0 Å². The van der Waals surface area contributed by atoms with Gasteiger partial charge in [0.25, 0.3) is 15.9 Å². The third-order valence-corrected chi connectivity index (χ3v) is 7.75. The Morgan fingerprint density at radius 1 is 1.16 bits per heavy atom. The Hall–Kier alpha value is -3.13. The first-order valence-electron chi connectivity index (χ1n) is 10.5. The molecule has 0 saturated heterocycles. The Bertz CT molecular complexity index is 1200. The van der Waals surface area contributed by atoms with Crippen molar-refractivity contribution in [1.82, 2.24) is 4.31 Å². The van der Waals surface area contributed by atoms with Crippen LogP contribution in [0.5, 0.6) is 5.75 Å². The van der Waals surface area contributed by atoms with Crippen molar-refractivity contribution in [2.75, 3.05) is 13.2 Å². The number of carbonyl (C=O) groups excluding carboxylic acids is 2. The second-order valence-electron chi connectivity index (χ2n) is 7.96. The van der Waals surface area contributed by atoms with E-state index in [0.29, 0.717) is 11.3 Å². The number of para-hydroxylation sites is 1. The van der Waals surface area contributed by atoms with Crippen LogP contribution in [0.1, 0.15) is 31.4 Å². The molecule has 0 radical (unpaired) electrons. The fourth-order valence-electron chi connectivity index (χ4n) is 4.34. The number of ether oxygens (including phenoxy) is 2. The molecule has 0 fully saturated rings. The number of aryl methyl sites for hydroxylation is 1. The lowest BCUT2D eigenvalue weighted by Crippen LogP contribution is -2.53. The number of carbonyl (C=O) groups is 2. The summed E-state index contributed by atoms with van der Waals surface area (Å²) in [7, 11) is -4.21. The number of sulfonamides is 1. The highest BCUT2D eigenvalue weighted by atomic mass is 32.2. The van der Waals surface area contributed by atoms with Crippen LogP contribution in [0.3, 0.4) is 0 Å². The highest BCUT2D eigenvalue weighted by Crippen LogP contribution is 2.45. The minimum absolute atomic E-state index is 0.00122. The lowest BCUT2D eigenvalue weighted by molar-refractivity contribution is -0.144. The Kier molecular flexibility index (Phi) is 5.81. The standard InChI is InChI=1S/C24H25NO6S/c1-4-30-22(26)13-20-16(3)23-18-7-5-6-8-21(18)31-14-19(23)24(27)25(20)32(28,29)17-11-9-15(2)10-12-17/h5-12,16,20H,4,13-14H2,1-3H3/t16-,20-/m1/s1. The van der Waals surface area contributed by atoms with Crippen LogP contribution in [-0.2, 0) is 24.3 Å². The molecule has 0 spiro atoms. The number of hydrogen-bond acceptors (Lipinski definition) is 6. The van der Waals surface area contributed by atoms with Gasteiger partial charge >= 0.3 is 5.97 Å². The van der Waals surface area contributed by atoms with Gasteiger partial charge in [0.05, 0.1) is 29.5 Å². The van der Waals surface area contributed by atoms with E-state index in [2.05, 4.69) is 0 Å². The lowest BCUT2D eigenvalue weighted by Gasteiger charge is -2.42. The molecule has 2 aliphatic heterocycles. The monoisotopic (exact) mass is 455 g/mol. The molecule has 2 aromatic rings. The Morgan fingerprint density at radius 3 is 2.53 bits per heavy atom. The summed E-state index contributed by atoms with van der Waals surface area (Å²) < 4.78 is 38.9. The van der Waals surface area contributed by atoms with Crippen molar-refractivity contribution in [3.8, 4) is 5.75 Å². The van der Waals surface area contributed by atoms with Gasteiger partial charge in [-0.3, -0.25) is 9.59 Å². The van der Waals surface area contributed by atoms with Crippen LogP contribution in [-0.4, -0.2) is 43.9 Å². The molecule has 1 amide bonds. The van der Waals surface area contributed by atoms with Gasteiger partial charge in [0.15, 0.2) is 0 Å². The lowest BCUT2D eigenvalue weighted by atomic mass is 9.79. The number of nitrogens with zero attached hydrogens (tertiary/aromatic N) is 1. The Labute approximate surface area is 187 Å². The molecule has 7 nitrogen and oxygen atoms in total. The van der Waals surface area contributed by atoms with Gasteiger partial charge in [-0.1, -0.05) is 42.8 Å². The van der Waals surface area contributed by atoms with E-state index in [1.165, 1.54) is 12.1 Å². The fraction of sp³-hybridized carbons (Fsp3) is 0.333. The van der Waals surface area contributed by atoms with E-state index in [1.807, 2.05) is 38.1 Å². The smallest absolute Gasteiger partial charge is 0.307 e. The van der Waals surface area contributed by atoms with Gasteiger partial charge in [0, 0.05) is 11.5 Å². The number of benzene rings is 2. The van der Waals surface area contributed by atoms with Crippen LogP contribution >= 0.6 is 0 Å². The predicted octanol–water partition coefficient (Wildman–Crippen LogP) is 3.33. The molecule has 0 aliphatic carbocycles. The summed E-state index contributed by atoms with van der Waals surface area (Å²) in [5.74, 6) is -1.01. The molecule has 0 aromatic heterocycles. The zero-order valence-corrected chi connectivity index (χ0v) is 19.0. The number of esters is 1. The van der Waals surface area contributed by atoms with E-state index in [9.17, 15) is 18.0 Å². The molecule has 2 aromatic carbocycles. The highest BCUT2D eigenvalue weighted by Gasteiger charge is 2.48. The quantitative estimate of drug-likeness (QED) is 0.643. The summed E-state index contributed by atoms with van der Waals surface area (Å²) in [5.41, 5.74) is 2.66. The van der Waals surface area contributed by atoms with Crippen molar-refractivity contribution in [3.63, 3.8) is 0 Å². The molecule has 2 atom stereocenters. The molecule has 2 aliphatic rings. The first-order chi connectivity index (χ1) is 15.3. The number of hydrogen-bond donors (Lipinski definition) is 0. The van der Waals surface area contributed by atoms with Crippen molar-refractivity contribution in [1.29, 1.82) is 0 Å². The zero-order chi connectivity index (χ0) is 23.0. The van der Waals surface area contributed by atoms with Gasteiger partial charge < -0.3 is 9.47 Å². The van der Waals surface area contributed by atoms with Crippen LogP contribution in [0, 0.1) is 12.8 Å². The van der Waals surface area contributed by atoms with Crippen molar-refractivity contribution < 1.29 is 27.5 Å². The molecule has 168 valence electrons. The number of amides is 1. The maximum absolute atomic E-state index is 13.6. The third kappa shape index (κ3) is 3.68. The molecular weight excluding hydrogens is 430 g/mol. The molecule has 0 N–H and O–H groups in total. The minimum atomic E-state index is -4.21. The van der Waals surface area contributed by atoms with Gasteiger partial charge in [0.1, 0.15) is 12.4 Å². The molecule has 0 unspecified atom stereocenters. The van der Waals surface area contributed by atoms with Crippen molar-refractivity contribution in [2.45, 2.75) is 38.1 Å². The maximum atomic E-state index is 13.6. The van der Waals surface area contributed by atoms with Gasteiger partial charge in [-0.15, -0.1) is 0 Å². The average molecular weight is 456 g/mol. The maximum Gasteiger partial charge on any atom is 0.307 e. The van der Waals surface area contributed by atoms with Crippen LogP contribution in [0.4, 0.5) is 0 Å². The molecule has 8 heteroatoms. The normalized spacial score (nSPS) is 20.3. The van der Waals surface area contributed by atoms with E-state index >= 15 is 0 Å². The van der Waals surface area contributed by atoms with E-state index in [0.717, 1.165) is 21.0 Å². The largest absolute Gasteiger partial charge is 0.488 e. The fourth-order valence-corrected chi connectivity index (χ4v) is 5.99. The second kappa shape index (κ2) is 8.43. The second-order valence-corrected chi connectivity index (χ2v) is 9.78. The summed E-state index contributed by atoms with van der Waals surface area (Å²) in [5, 5.41) is 0. The molecular formula is C24H25NO6S. The molecule has 0 saturated carbocycles. The van der Waals surface area contributed by atoms with Crippen LogP contribution in [0.2, 0.25) is 0 Å². The van der Waals surface area contributed by atoms with Crippen molar-refractivity contribution in [2.24, 2.45) is 5.92 Å². The number of fused-ring (bicyclic) bond motifs is 2. The minimum Gasteiger partial charge on any atom is -0.488 e.